The number of carbonyl (C=O) groups is 1. The second kappa shape index (κ2) is 6.81. The molecular weight excluding hydrogens is 373 g/mol. The molecule has 0 radical (unpaired) electrons. The Balaban J connectivity index is 1.87. The van der Waals surface area contributed by atoms with Gasteiger partial charge in [-0.1, -0.05) is 12.1 Å². The van der Waals surface area contributed by atoms with Crippen LogP contribution in [0, 0.1) is 4.77 Å². The van der Waals surface area contributed by atoms with Crippen LogP contribution in [0.2, 0.25) is 0 Å². The molecule has 0 saturated carbocycles. The lowest BCUT2D eigenvalue weighted by Gasteiger charge is -2.11. The molecule has 130 valence electrons. The van der Waals surface area contributed by atoms with E-state index in [2.05, 4.69) is 15.5 Å². The molecule has 2 N–H and O–H groups in total. The summed E-state index contributed by atoms with van der Waals surface area (Å²) in [5.41, 5.74) is -0.574. The molecule has 0 fully saturated rings. The Morgan fingerprint density at radius 1 is 1.32 bits per heavy atom. The summed E-state index contributed by atoms with van der Waals surface area (Å²) in [6.45, 7) is 0.0140. The van der Waals surface area contributed by atoms with Gasteiger partial charge in [-0.3, -0.25) is 14.5 Å². The second-order valence-electron chi connectivity index (χ2n) is 4.99. The number of aromatic nitrogens is 3. The van der Waals surface area contributed by atoms with Crippen LogP contribution in [0.5, 0.6) is 0 Å². The Bertz CT molecular complexity index is 944. The molecule has 3 aromatic rings. The highest BCUT2D eigenvalue weighted by atomic mass is 32.1. The molecule has 0 unspecified atom stereocenters. The van der Waals surface area contributed by atoms with Gasteiger partial charge in [0, 0.05) is 0 Å². The second-order valence-corrected chi connectivity index (χ2v) is 6.32. The van der Waals surface area contributed by atoms with Crippen molar-refractivity contribution in [2.75, 3.05) is 0 Å². The lowest BCUT2D eigenvalue weighted by molar-refractivity contribution is -0.137. The van der Waals surface area contributed by atoms with Crippen molar-refractivity contribution >= 4 is 29.5 Å². The van der Waals surface area contributed by atoms with E-state index in [9.17, 15) is 18.0 Å². The van der Waals surface area contributed by atoms with Gasteiger partial charge in [0.2, 0.25) is 0 Å². The number of hydrogen-bond donors (Lipinski definition) is 2. The fourth-order valence-corrected chi connectivity index (χ4v) is 3.09. The van der Waals surface area contributed by atoms with E-state index >= 15 is 0 Å². The van der Waals surface area contributed by atoms with Gasteiger partial charge in [0.15, 0.2) is 10.6 Å². The SMILES string of the molecule is O=C(NCc1n[nH]c(=S)n1-c1cccc(C(F)(F)F)c1)c1cccs1. The summed E-state index contributed by atoms with van der Waals surface area (Å²) < 4.78 is 40.2. The zero-order valence-corrected chi connectivity index (χ0v) is 14.1. The van der Waals surface area contributed by atoms with Crippen molar-refractivity contribution in [3.63, 3.8) is 0 Å². The van der Waals surface area contributed by atoms with E-state index in [1.165, 1.54) is 28.0 Å². The van der Waals surface area contributed by atoms with Crippen LogP contribution in [-0.4, -0.2) is 20.7 Å². The Kier molecular flexibility index (Phi) is 4.73. The highest BCUT2D eigenvalue weighted by Gasteiger charge is 2.30. The summed E-state index contributed by atoms with van der Waals surface area (Å²) in [4.78, 5) is 12.5. The third-order valence-electron chi connectivity index (χ3n) is 3.33. The molecule has 0 atom stereocenters. The maximum Gasteiger partial charge on any atom is 0.416 e. The van der Waals surface area contributed by atoms with Crippen molar-refractivity contribution in [1.29, 1.82) is 0 Å². The first-order valence-corrected chi connectivity index (χ1v) is 8.30. The molecule has 2 aromatic heterocycles. The molecule has 0 bridgehead atoms. The van der Waals surface area contributed by atoms with E-state index < -0.39 is 11.7 Å². The number of alkyl halides is 3. The van der Waals surface area contributed by atoms with Gasteiger partial charge in [0.05, 0.1) is 22.7 Å². The van der Waals surface area contributed by atoms with Crippen molar-refractivity contribution in [1.82, 2.24) is 20.1 Å². The average Bonchev–Trinajstić information content (AvgIpc) is 3.22. The first kappa shape index (κ1) is 17.4. The van der Waals surface area contributed by atoms with Gasteiger partial charge in [-0.2, -0.15) is 18.3 Å². The topological polar surface area (TPSA) is 62.7 Å². The van der Waals surface area contributed by atoms with Gasteiger partial charge in [-0.25, -0.2) is 0 Å². The standard InChI is InChI=1S/C15H11F3N4OS2/c16-15(17,18)9-3-1-4-10(7-9)22-12(20-21-14(22)24)8-19-13(23)11-5-2-6-25-11/h1-7H,8H2,(H,19,23)(H,21,24). The molecule has 3 rings (SSSR count). The fraction of sp³-hybridized carbons (Fsp3) is 0.133. The van der Waals surface area contributed by atoms with Gasteiger partial charge in [0.1, 0.15) is 0 Å². The molecule has 0 aliphatic carbocycles. The molecule has 0 spiro atoms. The maximum absolute atomic E-state index is 12.9. The molecule has 0 aliphatic rings. The van der Waals surface area contributed by atoms with Gasteiger partial charge < -0.3 is 5.32 Å². The number of halogens is 3. The van der Waals surface area contributed by atoms with Gasteiger partial charge >= 0.3 is 6.18 Å². The zero-order chi connectivity index (χ0) is 18.0. The molecule has 0 saturated heterocycles. The number of amides is 1. The average molecular weight is 384 g/mol. The molecular formula is C15H11F3N4OS2. The van der Waals surface area contributed by atoms with E-state index in [-0.39, 0.29) is 22.9 Å². The highest BCUT2D eigenvalue weighted by Crippen LogP contribution is 2.30. The minimum atomic E-state index is -4.46. The number of rotatable bonds is 4. The maximum atomic E-state index is 12.9. The molecule has 1 aromatic carbocycles. The molecule has 0 aliphatic heterocycles. The zero-order valence-electron chi connectivity index (χ0n) is 12.5. The summed E-state index contributed by atoms with van der Waals surface area (Å²) in [6, 6.07) is 8.16. The summed E-state index contributed by atoms with van der Waals surface area (Å²) in [5, 5.41) is 11.0. The van der Waals surface area contributed by atoms with Crippen molar-refractivity contribution in [2.45, 2.75) is 12.7 Å². The number of aromatic amines is 1. The van der Waals surface area contributed by atoms with Crippen LogP contribution in [-0.2, 0) is 12.7 Å². The molecule has 1 amide bonds. The van der Waals surface area contributed by atoms with E-state index in [1.807, 2.05) is 0 Å². The van der Waals surface area contributed by atoms with E-state index in [1.54, 1.807) is 17.5 Å². The normalized spacial score (nSPS) is 11.5. The minimum Gasteiger partial charge on any atom is -0.344 e. The number of hydrogen-bond acceptors (Lipinski definition) is 4. The molecule has 2 heterocycles. The molecule has 25 heavy (non-hydrogen) atoms. The number of nitrogens with zero attached hydrogens (tertiary/aromatic N) is 2. The third-order valence-corrected chi connectivity index (χ3v) is 4.47. The van der Waals surface area contributed by atoms with Crippen molar-refractivity contribution in [3.8, 4) is 5.69 Å². The van der Waals surface area contributed by atoms with Crippen molar-refractivity contribution < 1.29 is 18.0 Å². The van der Waals surface area contributed by atoms with Crippen molar-refractivity contribution in [3.05, 3.63) is 62.8 Å². The number of thiophene rings is 1. The lowest BCUT2D eigenvalue weighted by Crippen LogP contribution is -2.23. The number of benzene rings is 1. The Labute approximate surface area is 149 Å². The molecule has 10 heteroatoms. The smallest absolute Gasteiger partial charge is 0.344 e. The van der Waals surface area contributed by atoms with Crippen LogP contribution in [0.25, 0.3) is 5.69 Å². The number of nitrogens with one attached hydrogen (secondary N) is 2. The number of H-pyrrole nitrogens is 1. The highest BCUT2D eigenvalue weighted by molar-refractivity contribution is 7.71. The Morgan fingerprint density at radius 3 is 2.80 bits per heavy atom. The summed E-state index contributed by atoms with van der Waals surface area (Å²) in [5.74, 6) is 0.00809. The van der Waals surface area contributed by atoms with Crippen LogP contribution in [0.4, 0.5) is 13.2 Å². The quantitative estimate of drug-likeness (QED) is 0.670. The summed E-state index contributed by atoms with van der Waals surface area (Å²) in [6.07, 6.45) is -4.46. The van der Waals surface area contributed by atoms with Gasteiger partial charge in [0.25, 0.3) is 5.91 Å². The fourth-order valence-electron chi connectivity index (χ4n) is 2.19. The Hall–Kier alpha value is -2.46. The summed E-state index contributed by atoms with van der Waals surface area (Å²) >= 11 is 6.39. The largest absolute Gasteiger partial charge is 0.416 e. The molecule has 5 nitrogen and oxygen atoms in total. The van der Waals surface area contributed by atoms with Crippen LogP contribution in [0.1, 0.15) is 21.1 Å². The first-order chi connectivity index (χ1) is 11.9. The van der Waals surface area contributed by atoms with Gasteiger partial charge in [-0.15, -0.1) is 11.3 Å². The summed E-state index contributed by atoms with van der Waals surface area (Å²) in [7, 11) is 0. The van der Waals surface area contributed by atoms with Gasteiger partial charge in [-0.05, 0) is 41.9 Å². The monoisotopic (exact) mass is 384 g/mol. The van der Waals surface area contributed by atoms with Crippen LogP contribution in [0.15, 0.2) is 41.8 Å². The predicted octanol–water partition coefficient (Wildman–Crippen LogP) is 3.94. The van der Waals surface area contributed by atoms with E-state index in [0.717, 1.165) is 12.1 Å². The van der Waals surface area contributed by atoms with Crippen molar-refractivity contribution in [2.24, 2.45) is 0 Å². The Morgan fingerprint density at radius 2 is 2.12 bits per heavy atom. The van der Waals surface area contributed by atoms with Crippen LogP contribution < -0.4 is 5.32 Å². The predicted molar refractivity (Wildman–Crippen MR) is 89.2 cm³/mol. The van der Waals surface area contributed by atoms with Crippen LogP contribution >= 0.6 is 23.6 Å². The van der Waals surface area contributed by atoms with Crippen LogP contribution in [0.3, 0.4) is 0 Å². The minimum absolute atomic E-state index is 0.0140. The number of carbonyl (C=O) groups excluding carboxylic acids is 1. The lowest BCUT2D eigenvalue weighted by atomic mass is 10.2. The third kappa shape index (κ3) is 3.80. The van der Waals surface area contributed by atoms with E-state index in [0.29, 0.717) is 10.7 Å². The first-order valence-electron chi connectivity index (χ1n) is 7.02. The van der Waals surface area contributed by atoms with E-state index in [4.69, 9.17) is 12.2 Å².